The van der Waals surface area contributed by atoms with Gasteiger partial charge in [0, 0.05) is 24.0 Å². The SMILES string of the molecule is CS(=O)(=O)N(CC(=O)N(Cc1ccccc1Cl)[C@@H](Cc1ccccc1)C(=O)NC1CCCCC1)c1ccc(OCc2ccccc2)cc1. The van der Waals surface area contributed by atoms with E-state index in [-0.39, 0.29) is 24.9 Å². The fraction of sp³-hybridized carbons (Fsp3) is 0.316. The number of nitrogens with zero attached hydrogens (tertiary/aromatic N) is 2. The van der Waals surface area contributed by atoms with Crippen molar-refractivity contribution in [2.24, 2.45) is 0 Å². The zero-order chi connectivity index (χ0) is 33.9. The third kappa shape index (κ3) is 9.84. The van der Waals surface area contributed by atoms with Gasteiger partial charge in [-0.15, -0.1) is 0 Å². The molecule has 252 valence electrons. The number of hydrogen-bond acceptors (Lipinski definition) is 5. The number of anilines is 1. The lowest BCUT2D eigenvalue weighted by atomic mass is 9.94. The number of carbonyl (C=O) groups is 2. The van der Waals surface area contributed by atoms with E-state index in [9.17, 15) is 18.0 Å². The first kappa shape index (κ1) is 35.0. The third-order valence-corrected chi connectivity index (χ3v) is 10.1. The molecule has 1 aliphatic carbocycles. The van der Waals surface area contributed by atoms with Crippen LogP contribution in [0.1, 0.15) is 48.8 Å². The van der Waals surface area contributed by atoms with Gasteiger partial charge in [0.05, 0.1) is 11.9 Å². The summed E-state index contributed by atoms with van der Waals surface area (Å²) in [5, 5.41) is 3.66. The maximum atomic E-state index is 14.4. The predicted octanol–water partition coefficient (Wildman–Crippen LogP) is 6.77. The summed E-state index contributed by atoms with van der Waals surface area (Å²) in [6, 6.07) is 32.1. The molecule has 8 nitrogen and oxygen atoms in total. The summed E-state index contributed by atoms with van der Waals surface area (Å²) in [5.41, 5.74) is 2.84. The fourth-order valence-electron chi connectivity index (χ4n) is 5.97. The van der Waals surface area contributed by atoms with Gasteiger partial charge in [-0.05, 0) is 59.9 Å². The van der Waals surface area contributed by atoms with Crippen LogP contribution in [-0.4, -0.2) is 50.0 Å². The molecule has 0 radical (unpaired) electrons. The second-order valence-electron chi connectivity index (χ2n) is 12.2. The summed E-state index contributed by atoms with van der Waals surface area (Å²) in [5.74, 6) is -0.230. The number of carbonyl (C=O) groups excluding carboxylic acids is 2. The van der Waals surface area contributed by atoms with Crippen LogP contribution in [0.5, 0.6) is 5.75 Å². The maximum Gasteiger partial charge on any atom is 0.244 e. The molecule has 48 heavy (non-hydrogen) atoms. The van der Waals surface area contributed by atoms with E-state index in [2.05, 4.69) is 5.32 Å². The maximum absolute atomic E-state index is 14.4. The van der Waals surface area contributed by atoms with Crippen LogP contribution in [0, 0.1) is 0 Å². The number of benzene rings is 4. The number of halogens is 1. The highest BCUT2D eigenvalue weighted by Crippen LogP contribution is 2.26. The summed E-state index contributed by atoms with van der Waals surface area (Å²) < 4.78 is 33.3. The Morgan fingerprint density at radius 2 is 1.44 bits per heavy atom. The average Bonchev–Trinajstić information content (AvgIpc) is 3.09. The van der Waals surface area contributed by atoms with Gasteiger partial charge in [-0.3, -0.25) is 13.9 Å². The molecule has 0 bridgehead atoms. The van der Waals surface area contributed by atoms with Crippen LogP contribution in [0.4, 0.5) is 5.69 Å². The van der Waals surface area contributed by atoms with Crippen LogP contribution in [0.2, 0.25) is 5.02 Å². The smallest absolute Gasteiger partial charge is 0.244 e. The second kappa shape index (κ2) is 16.7. The summed E-state index contributed by atoms with van der Waals surface area (Å²) in [7, 11) is -3.90. The van der Waals surface area contributed by atoms with Crippen LogP contribution in [0.25, 0.3) is 0 Å². The number of rotatable bonds is 14. The summed E-state index contributed by atoms with van der Waals surface area (Å²) in [6.45, 7) is -0.120. The first-order chi connectivity index (χ1) is 23.2. The molecule has 4 aromatic rings. The van der Waals surface area contributed by atoms with Crippen LogP contribution in [0.3, 0.4) is 0 Å². The monoisotopic (exact) mass is 687 g/mol. The molecule has 0 saturated heterocycles. The summed E-state index contributed by atoms with van der Waals surface area (Å²) in [6.07, 6.45) is 6.30. The van der Waals surface area contributed by atoms with Crippen molar-refractivity contribution in [2.45, 2.75) is 63.8 Å². The van der Waals surface area contributed by atoms with Crippen molar-refractivity contribution < 1.29 is 22.7 Å². The van der Waals surface area contributed by atoms with Crippen molar-refractivity contribution in [1.29, 1.82) is 0 Å². The van der Waals surface area contributed by atoms with Gasteiger partial charge in [-0.25, -0.2) is 8.42 Å². The largest absolute Gasteiger partial charge is 0.489 e. The minimum atomic E-state index is -3.90. The van der Waals surface area contributed by atoms with Crippen molar-refractivity contribution >= 4 is 39.1 Å². The number of ether oxygens (including phenoxy) is 1. The molecule has 0 unspecified atom stereocenters. The molecule has 10 heteroatoms. The predicted molar refractivity (Wildman–Crippen MR) is 190 cm³/mol. The van der Waals surface area contributed by atoms with E-state index in [4.69, 9.17) is 16.3 Å². The van der Waals surface area contributed by atoms with Crippen LogP contribution in [-0.2, 0) is 39.2 Å². The van der Waals surface area contributed by atoms with Crippen LogP contribution < -0.4 is 14.4 Å². The van der Waals surface area contributed by atoms with Gasteiger partial charge in [0.2, 0.25) is 21.8 Å². The van der Waals surface area contributed by atoms with Gasteiger partial charge in [-0.2, -0.15) is 0 Å². The lowest BCUT2D eigenvalue weighted by Gasteiger charge is -2.35. The molecule has 1 atom stereocenters. The summed E-state index contributed by atoms with van der Waals surface area (Å²) >= 11 is 6.57. The molecule has 1 fully saturated rings. The van der Waals surface area contributed by atoms with Crippen molar-refractivity contribution in [2.75, 3.05) is 17.1 Å². The van der Waals surface area contributed by atoms with Crippen molar-refractivity contribution in [3.63, 3.8) is 0 Å². The molecule has 0 spiro atoms. The fourth-order valence-corrected chi connectivity index (χ4v) is 7.02. The molecule has 1 N–H and O–H groups in total. The van der Waals surface area contributed by atoms with Gasteiger partial charge >= 0.3 is 0 Å². The van der Waals surface area contributed by atoms with E-state index >= 15 is 0 Å². The first-order valence-electron chi connectivity index (χ1n) is 16.3. The zero-order valence-corrected chi connectivity index (χ0v) is 28.7. The Kier molecular flexibility index (Phi) is 12.1. The minimum Gasteiger partial charge on any atom is -0.489 e. The normalized spacial score (nSPS) is 14.1. The van der Waals surface area contributed by atoms with Gasteiger partial charge in [-0.1, -0.05) is 110 Å². The number of nitrogens with one attached hydrogen (secondary N) is 1. The van der Waals surface area contributed by atoms with E-state index < -0.39 is 28.5 Å². The van der Waals surface area contributed by atoms with E-state index in [1.807, 2.05) is 72.8 Å². The summed E-state index contributed by atoms with van der Waals surface area (Å²) in [4.78, 5) is 30.0. The van der Waals surface area contributed by atoms with E-state index in [0.29, 0.717) is 28.6 Å². The standard InChI is InChI=1S/C38H42ClN3O5S/c1-48(45,46)42(33-21-23-34(24-22-33)47-28-30-15-7-3-8-16-30)27-37(43)41(26-31-17-11-12-20-35(31)39)36(25-29-13-5-2-6-14-29)38(44)40-32-18-9-4-10-19-32/h2-3,5-8,11-17,20-24,32,36H,4,9-10,18-19,25-28H2,1H3,(H,40,44)/t36-/m0/s1. The Hall–Kier alpha value is -4.34. The Morgan fingerprint density at radius 3 is 2.06 bits per heavy atom. The zero-order valence-electron chi connectivity index (χ0n) is 27.1. The molecule has 1 saturated carbocycles. The van der Waals surface area contributed by atoms with Gasteiger partial charge in [0.15, 0.2) is 0 Å². The quantitative estimate of drug-likeness (QED) is 0.158. The van der Waals surface area contributed by atoms with Gasteiger partial charge in [0.25, 0.3) is 0 Å². The molecular weight excluding hydrogens is 646 g/mol. The van der Waals surface area contributed by atoms with E-state index in [1.165, 1.54) is 4.90 Å². The highest BCUT2D eigenvalue weighted by molar-refractivity contribution is 7.92. The Morgan fingerprint density at radius 1 is 0.833 bits per heavy atom. The highest BCUT2D eigenvalue weighted by Gasteiger charge is 2.34. The molecule has 4 aromatic carbocycles. The van der Waals surface area contributed by atoms with Crippen LogP contribution in [0.15, 0.2) is 109 Å². The molecular formula is C38H42ClN3O5S. The molecule has 0 aliphatic heterocycles. The second-order valence-corrected chi connectivity index (χ2v) is 14.5. The lowest BCUT2D eigenvalue weighted by molar-refractivity contribution is -0.140. The molecule has 5 rings (SSSR count). The topological polar surface area (TPSA) is 96.0 Å². The Labute approximate surface area is 288 Å². The van der Waals surface area contributed by atoms with Crippen molar-refractivity contribution in [3.8, 4) is 5.75 Å². The number of amides is 2. The molecule has 2 amide bonds. The molecule has 0 aromatic heterocycles. The Balaban J connectivity index is 1.44. The molecule has 0 heterocycles. The minimum absolute atomic E-state index is 0.0249. The van der Waals surface area contributed by atoms with Crippen molar-refractivity contribution in [3.05, 3.63) is 131 Å². The lowest BCUT2D eigenvalue weighted by Crippen LogP contribution is -2.55. The van der Waals surface area contributed by atoms with Gasteiger partial charge < -0.3 is 15.0 Å². The average molecular weight is 688 g/mol. The van der Waals surface area contributed by atoms with Crippen molar-refractivity contribution in [1.82, 2.24) is 10.2 Å². The third-order valence-electron chi connectivity index (χ3n) is 8.57. The highest BCUT2D eigenvalue weighted by atomic mass is 35.5. The van der Waals surface area contributed by atoms with E-state index in [1.54, 1.807) is 36.4 Å². The van der Waals surface area contributed by atoms with Crippen LogP contribution >= 0.6 is 11.6 Å². The Bertz CT molecular complexity index is 1750. The van der Waals surface area contributed by atoms with E-state index in [0.717, 1.165) is 53.8 Å². The molecule has 1 aliphatic rings. The number of hydrogen-bond donors (Lipinski definition) is 1. The van der Waals surface area contributed by atoms with Gasteiger partial charge in [0.1, 0.15) is 24.9 Å². The first-order valence-corrected chi connectivity index (χ1v) is 18.5. The number of sulfonamides is 1.